The summed E-state index contributed by atoms with van der Waals surface area (Å²) in [5.74, 6) is 0.815. The lowest BCUT2D eigenvalue weighted by Gasteiger charge is -2.27. The number of aromatic nitrogens is 1. The molecule has 1 N–H and O–H groups in total. The summed E-state index contributed by atoms with van der Waals surface area (Å²) >= 11 is 12.0. The molecule has 4 aromatic rings. The normalized spacial score (nSPS) is 10.8. The lowest BCUT2D eigenvalue weighted by atomic mass is 10.1. The molecule has 0 aliphatic carbocycles. The van der Waals surface area contributed by atoms with Gasteiger partial charge in [-0.25, -0.2) is 0 Å². The Kier molecular flexibility index (Phi) is 8.68. The SMILES string of the molecule is COc1ccc(NC(=S)N(CCc2ccc(Cl)cc2)Cc2cccn2Cc2ccc(C)cc2C)cc1. The van der Waals surface area contributed by atoms with Gasteiger partial charge in [-0.2, -0.15) is 0 Å². The van der Waals surface area contributed by atoms with Crippen LogP contribution >= 0.6 is 23.8 Å². The molecule has 0 spiro atoms. The standard InChI is InChI=1S/C30H32ClN3OS/c1-22-6-9-25(23(2)19-22)20-33-17-4-5-28(33)21-34(18-16-24-7-10-26(31)11-8-24)30(36)32-27-12-14-29(35-3)15-13-27/h4-15,17,19H,16,18,20-21H2,1-3H3,(H,32,36). The number of nitrogens with zero attached hydrogens (tertiary/aromatic N) is 2. The highest BCUT2D eigenvalue weighted by molar-refractivity contribution is 7.80. The van der Waals surface area contributed by atoms with Gasteiger partial charge in [0.1, 0.15) is 5.75 Å². The maximum absolute atomic E-state index is 6.08. The molecule has 4 rings (SSSR count). The molecule has 3 aromatic carbocycles. The molecule has 0 bridgehead atoms. The Bertz CT molecular complexity index is 1300. The van der Waals surface area contributed by atoms with E-state index in [0.717, 1.165) is 36.0 Å². The predicted octanol–water partition coefficient (Wildman–Crippen LogP) is 7.26. The number of ether oxygens (including phenoxy) is 1. The largest absolute Gasteiger partial charge is 0.497 e. The number of hydrogen-bond donors (Lipinski definition) is 1. The molecular weight excluding hydrogens is 486 g/mol. The molecule has 4 nitrogen and oxygen atoms in total. The van der Waals surface area contributed by atoms with E-state index >= 15 is 0 Å². The fourth-order valence-corrected chi connectivity index (χ4v) is 4.59. The first-order valence-electron chi connectivity index (χ1n) is 12.1. The second kappa shape index (κ2) is 12.1. The highest BCUT2D eigenvalue weighted by atomic mass is 35.5. The summed E-state index contributed by atoms with van der Waals surface area (Å²) in [5.41, 5.74) is 7.29. The molecule has 0 radical (unpaired) electrons. The van der Waals surface area contributed by atoms with Crippen molar-refractivity contribution in [1.82, 2.24) is 9.47 Å². The molecule has 0 aliphatic rings. The first-order chi connectivity index (χ1) is 17.4. The maximum atomic E-state index is 6.08. The summed E-state index contributed by atoms with van der Waals surface area (Å²) < 4.78 is 7.59. The van der Waals surface area contributed by atoms with Gasteiger partial charge in [-0.3, -0.25) is 0 Å². The van der Waals surface area contributed by atoms with Crippen LogP contribution in [0.5, 0.6) is 5.75 Å². The van der Waals surface area contributed by atoms with E-state index in [2.05, 4.69) is 77.3 Å². The van der Waals surface area contributed by atoms with Gasteiger partial charge in [-0.1, -0.05) is 47.5 Å². The van der Waals surface area contributed by atoms with E-state index in [-0.39, 0.29) is 0 Å². The fraction of sp³-hybridized carbons (Fsp3) is 0.233. The van der Waals surface area contributed by atoms with E-state index in [1.807, 2.05) is 36.4 Å². The maximum Gasteiger partial charge on any atom is 0.173 e. The van der Waals surface area contributed by atoms with E-state index in [1.54, 1.807) is 7.11 Å². The lowest BCUT2D eigenvalue weighted by molar-refractivity contribution is 0.409. The van der Waals surface area contributed by atoms with Crippen molar-refractivity contribution in [3.63, 3.8) is 0 Å². The summed E-state index contributed by atoms with van der Waals surface area (Å²) in [6, 6.07) is 26.8. The van der Waals surface area contributed by atoms with E-state index in [4.69, 9.17) is 28.6 Å². The van der Waals surface area contributed by atoms with Gasteiger partial charge in [-0.15, -0.1) is 0 Å². The molecule has 0 atom stereocenters. The minimum Gasteiger partial charge on any atom is -0.497 e. The van der Waals surface area contributed by atoms with Crippen molar-refractivity contribution in [3.8, 4) is 5.75 Å². The quantitative estimate of drug-likeness (QED) is 0.237. The van der Waals surface area contributed by atoms with Crippen LogP contribution < -0.4 is 10.1 Å². The Balaban J connectivity index is 1.52. The van der Waals surface area contributed by atoms with Crippen molar-refractivity contribution in [3.05, 3.63) is 118 Å². The third-order valence-electron chi connectivity index (χ3n) is 6.33. The van der Waals surface area contributed by atoms with E-state index in [0.29, 0.717) is 11.7 Å². The van der Waals surface area contributed by atoms with Crippen molar-refractivity contribution < 1.29 is 4.74 Å². The van der Waals surface area contributed by atoms with Gasteiger partial charge in [0.2, 0.25) is 0 Å². The van der Waals surface area contributed by atoms with Gasteiger partial charge >= 0.3 is 0 Å². The molecule has 0 aliphatic heterocycles. The number of benzene rings is 3. The molecular formula is C30H32ClN3OS. The molecule has 0 saturated carbocycles. The van der Waals surface area contributed by atoms with Gasteiger partial charge < -0.3 is 19.5 Å². The third kappa shape index (κ3) is 6.90. The zero-order valence-electron chi connectivity index (χ0n) is 21.0. The molecule has 1 heterocycles. The highest BCUT2D eigenvalue weighted by Gasteiger charge is 2.14. The average Bonchev–Trinajstić information content (AvgIpc) is 3.31. The monoisotopic (exact) mass is 517 g/mol. The number of nitrogens with one attached hydrogen (secondary N) is 1. The van der Waals surface area contributed by atoms with Crippen molar-refractivity contribution in [2.45, 2.75) is 33.4 Å². The van der Waals surface area contributed by atoms with E-state index in [1.165, 1.54) is 27.9 Å². The van der Waals surface area contributed by atoms with Crippen molar-refractivity contribution in [2.24, 2.45) is 0 Å². The summed E-state index contributed by atoms with van der Waals surface area (Å²) in [6.45, 7) is 6.62. The lowest BCUT2D eigenvalue weighted by Crippen LogP contribution is -2.36. The average molecular weight is 518 g/mol. The Labute approximate surface area is 224 Å². The molecule has 36 heavy (non-hydrogen) atoms. The van der Waals surface area contributed by atoms with Crippen LogP contribution in [-0.4, -0.2) is 28.2 Å². The minimum absolute atomic E-state index is 0.688. The fourth-order valence-electron chi connectivity index (χ4n) is 4.19. The number of anilines is 1. The number of hydrogen-bond acceptors (Lipinski definition) is 2. The van der Waals surface area contributed by atoms with Gasteiger partial charge in [0, 0.05) is 35.7 Å². The Morgan fingerprint density at radius 1 is 1.00 bits per heavy atom. The summed E-state index contributed by atoms with van der Waals surface area (Å²) in [6.07, 6.45) is 3.01. The summed E-state index contributed by atoms with van der Waals surface area (Å²) in [5, 5.41) is 4.84. The van der Waals surface area contributed by atoms with Gasteiger partial charge in [0.05, 0.1) is 13.7 Å². The van der Waals surface area contributed by atoms with Crippen LogP contribution in [0.3, 0.4) is 0 Å². The van der Waals surface area contributed by atoms with Gasteiger partial charge in [0.25, 0.3) is 0 Å². The minimum atomic E-state index is 0.688. The molecule has 0 amide bonds. The van der Waals surface area contributed by atoms with Crippen LogP contribution in [0, 0.1) is 13.8 Å². The number of thiocarbonyl (C=S) groups is 1. The predicted molar refractivity (Wildman–Crippen MR) is 154 cm³/mol. The van der Waals surface area contributed by atoms with Crippen LogP contribution in [0.15, 0.2) is 85.1 Å². The van der Waals surface area contributed by atoms with E-state index in [9.17, 15) is 0 Å². The van der Waals surface area contributed by atoms with Crippen LogP contribution in [-0.2, 0) is 19.5 Å². The smallest absolute Gasteiger partial charge is 0.173 e. The Morgan fingerprint density at radius 2 is 1.75 bits per heavy atom. The zero-order valence-corrected chi connectivity index (χ0v) is 22.6. The first-order valence-corrected chi connectivity index (χ1v) is 12.8. The second-order valence-electron chi connectivity index (χ2n) is 9.01. The van der Waals surface area contributed by atoms with Crippen LogP contribution in [0.1, 0.15) is 27.9 Å². The molecule has 0 unspecified atom stereocenters. The number of halogens is 1. The van der Waals surface area contributed by atoms with Crippen molar-refractivity contribution in [1.29, 1.82) is 0 Å². The molecule has 186 valence electrons. The van der Waals surface area contributed by atoms with Gasteiger partial charge in [0.15, 0.2) is 5.11 Å². The number of aryl methyl sites for hydroxylation is 2. The third-order valence-corrected chi connectivity index (χ3v) is 6.94. The van der Waals surface area contributed by atoms with Crippen molar-refractivity contribution in [2.75, 3.05) is 19.0 Å². The number of rotatable bonds is 9. The van der Waals surface area contributed by atoms with Crippen LogP contribution in [0.25, 0.3) is 0 Å². The Hall–Kier alpha value is -3.28. The van der Waals surface area contributed by atoms with Crippen LogP contribution in [0.4, 0.5) is 5.69 Å². The zero-order chi connectivity index (χ0) is 25.5. The summed E-state index contributed by atoms with van der Waals surface area (Å²) in [7, 11) is 1.67. The van der Waals surface area contributed by atoms with Crippen molar-refractivity contribution >= 4 is 34.6 Å². The molecule has 1 aromatic heterocycles. The van der Waals surface area contributed by atoms with E-state index < -0.39 is 0 Å². The Morgan fingerprint density at radius 3 is 2.44 bits per heavy atom. The number of methoxy groups -OCH3 is 1. The highest BCUT2D eigenvalue weighted by Crippen LogP contribution is 2.19. The first kappa shape index (κ1) is 25.8. The summed E-state index contributed by atoms with van der Waals surface area (Å²) in [4.78, 5) is 2.22. The van der Waals surface area contributed by atoms with Gasteiger partial charge in [-0.05, 0) is 97.7 Å². The molecule has 6 heteroatoms. The van der Waals surface area contributed by atoms with Crippen LogP contribution in [0.2, 0.25) is 5.02 Å². The molecule has 0 fully saturated rings. The topological polar surface area (TPSA) is 29.4 Å². The second-order valence-corrected chi connectivity index (χ2v) is 9.84. The molecule has 0 saturated heterocycles.